The number of rotatable bonds is 5. The lowest BCUT2D eigenvalue weighted by atomic mass is 10.1. The first-order valence-corrected chi connectivity index (χ1v) is 7.14. The van der Waals surface area contributed by atoms with Crippen LogP contribution in [0.25, 0.3) is 0 Å². The van der Waals surface area contributed by atoms with Crippen LogP contribution in [0.15, 0.2) is 42.6 Å². The van der Waals surface area contributed by atoms with Crippen molar-refractivity contribution < 1.29 is 14.4 Å². The molecule has 2 rings (SSSR count). The van der Waals surface area contributed by atoms with Gasteiger partial charge in [-0.05, 0) is 31.2 Å². The van der Waals surface area contributed by atoms with Gasteiger partial charge in [-0.15, -0.1) is 0 Å². The van der Waals surface area contributed by atoms with Gasteiger partial charge in [-0.3, -0.25) is 19.4 Å². The molecule has 2 N–H and O–H groups in total. The fourth-order valence-electron chi connectivity index (χ4n) is 1.80. The number of nitrogens with one attached hydrogen (secondary N) is 2. The molecule has 0 radical (unpaired) electrons. The highest BCUT2D eigenvalue weighted by Crippen LogP contribution is 2.11. The van der Waals surface area contributed by atoms with Gasteiger partial charge in [0.1, 0.15) is 5.69 Å². The zero-order chi connectivity index (χ0) is 16.8. The summed E-state index contributed by atoms with van der Waals surface area (Å²) in [5.74, 6) is -1.01. The van der Waals surface area contributed by atoms with Gasteiger partial charge in [-0.1, -0.05) is 23.7 Å². The van der Waals surface area contributed by atoms with Crippen molar-refractivity contribution in [1.29, 1.82) is 0 Å². The molecule has 7 heteroatoms. The van der Waals surface area contributed by atoms with Crippen molar-refractivity contribution in [2.75, 3.05) is 11.9 Å². The van der Waals surface area contributed by atoms with Gasteiger partial charge in [0.15, 0.2) is 5.78 Å². The Kier molecular flexibility index (Phi) is 5.43. The molecule has 23 heavy (non-hydrogen) atoms. The number of hydrogen-bond donors (Lipinski definition) is 2. The Morgan fingerprint density at radius 1 is 1.17 bits per heavy atom. The summed E-state index contributed by atoms with van der Waals surface area (Å²) in [5.41, 5.74) is 1.11. The first kappa shape index (κ1) is 16.6. The largest absolute Gasteiger partial charge is 0.342 e. The van der Waals surface area contributed by atoms with Crippen LogP contribution in [0.2, 0.25) is 5.02 Å². The Balaban J connectivity index is 1.91. The predicted octanol–water partition coefficient (Wildman–Crippen LogP) is 2.31. The number of carbonyl (C=O) groups excluding carboxylic acids is 3. The van der Waals surface area contributed by atoms with E-state index in [0.717, 1.165) is 0 Å². The minimum absolute atomic E-state index is 0.0959. The van der Waals surface area contributed by atoms with Crippen LogP contribution in [0, 0.1) is 0 Å². The van der Waals surface area contributed by atoms with Crippen LogP contribution in [0.1, 0.15) is 27.8 Å². The van der Waals surface area contributed by atoms with E-state index in [2.05, 4.69) is 15.6 Å². The first-order chi connectivity index (χ1) is 11.0. The monoisotopic (exact) mass is 331 g/mol. The summed E-state index contributed by atoms with van der Waals surface area (Å²) < 4.78 is 0. The number of anilines is 1. The van der Waals surface area contributed by atoms with Crippen LogP contribution < -0.4 is 10.6 Å². The van der Waals surface area contributed by atoms with Crippen molar-refractivity contribution in [1.82, 2.24) is 10.3 Å². The molecule has 1 aromatic carbocycles. The summed E-state index contributed by atoms with van der Waals surface area (Å²) in [4.78, 5) is 38.8. The van der Waals surface area contributed by atoms with Crippen LogP contribution in [-0.2, 0) is 4.79 Å². The van der Waals surface area contributed by atoms with Crippen molar-refractivity contribution in [3.8, 4) is 0 Å². The van der Waals surface area contributed by atoms with Gasteiger partial charge < -0.3 is 10.6 Å². The number of aromatic nitrogens is 1. The molecule has 2 aromatic rings. The van der Waals surface area contributed by atoms with Crippen LogP contribution in [0.4, 0.5) is 5.69 Å². The maximum Gasteiger partial charge on any atom is 0.270 e. The highest BCUT2D eigenvalue weighted by molar-refractivity contribution is 6.30. The number of hydrogen-bond acceptors (Lipinski definition) is 4. The van der Waals surface area contributed by atoms with Gasteiger partial charge in [0.05, 0.1) is 6.54 Å². The molecule has 0 spiro atoms. The Bertz CT molecular complexity index is 762. The van der Waals surface area contributed by atoms with E-state index in [4.69, 9.17) is 11.6 Å². The minimum atomic E-state index is -0.500. The molecule has 0 bridgehead atoms. The fourth-order valence-corrected chi connectivity index (χ4v) is 1.96. The molecule has 0 aliphatic heterocycles. The zero-order valence-electron chi connectivity index (χ0n) is 12.3. The highest BCUT2D eigenvalue weighted by Gasteiger charge is 2.10. The number of halogens is 1. The third kappa shape index (κ3) is 4.89. The third-order valence-electron chi connectivity index (χ3n) is 2.92. The molecule has 0 aliphatic rings. The molecule has 0 fully saturated rings. The number of amides is 2. The second-order valence-electron chi connectivity index (χ2n) is 4.73. The SMILES string of the molecule is CC(=O)c1cccc(NC(=O)CNC(=O)c2cc(Cl)ccn2)c1. The van der Waals surface area contributed by atoms with E-state index in [1.165, 1.54) is 19.2 Å². The normalized spacial score (nSPS) is 10.0. The van der Waals surface area contributed by atoms with Crippen molar-refractivity contribution in [3.63, 3.8) is 0 Å². The number of Topliss-reactive ketones (excluding diaryl/α,β-unsaturated/α-hetero) is 1. The molecule has 0 saturated carbocycles. The molecule has 6 nitrogen and oxygen atoms in total. The molecule has 0 unspecified atom stereocenters. The van der Waals surface area contributed by atoms with Gasteiger partial charge in [-0.2, -0.15) is 0 Å². The number of ketones is 1. The van der Waals surface area contributed by atoms with Crippen molar-refractivity contribution >= 4 is 34.9 Å². The first-order valence-electron chi connectivity index (χ1n) is 6.76. The molecular formula is C16H14ClN3O3. The van der Waals surface area contributed by atoms with E-state index in [1.54, 1.807) is 30.3 Å². The van der Waals surface area contributed by atoms with E-state index in [-0.39, 0.29) is 18.0 Å². The number of pyridine rings is 1. The van der Waals surface area contributed by atoms with E-state index in [9.17, 15) is 14.4 Å². The van der Waals surface area contributed by atoms with E-state index < -0.39 is 11.8 Å². The van der Waals surface area contributed by atoms with Crippen LogP contribution in [0.3, 0.4) is 0 Å². The summed E-state index contributed by atoms with van der Waals surface area (Å²) in [6.45, 7) is 1.22. The standard InChI is InChI=1S/C16H14ClN3O3/c1-10(21)11-3-2-4-13(7-11)20-15(22)9-19-16(23)14-8-12(17)5-6-18-14/h2-8H,9H2,1H3,(H,19,23)(H,20,22). The van der Waals surface area contributed by atoms with Gasteiger partial charge in [0.25, 0.3) is 5.91 Å². The van der Waals surface area contributed by atoms with Gasteiger partial charge in [0.2, 0.25) is 5.91 Å². The second-order valence-corrected chi connectivity index (χ2v) is 5.16. The Hall–Kier alpha value is -2.73. The quantitative estimate of drug-likeness (QED) is 0.823. The lowest BCUT2D eigenvalue weighted by molar-refractivity contribution is -0.115. The molecule has 0 saturated heterocycles. The lowest BCUT2D eigenvalue weighted by Crippen LogP contribution is -2.33. The van der Waals surface area contributed by atoms with Crippen LogP contribution in [0.5, 0.6) is 0 Å². The van der Waals surface area contributed by atoms with Crippen LogP contribution >= 0.6 is 11.6 Å². The summed E-state index contributed by atoms with van der Waals surface area (Å²) >= 11 is 5.77. The zero-order valence-corrected chi connectivity index (χ0v) is 13.1. The maximum atomic E-state index is 11.8. The summed E-state index contributed by atoms with van der Waals surface area (Å²) in [6.07, 6.45) is 1.41. The molecule has 0 atom stereocenters. The second kappa shape index (κ2) is 7.51. The van der Waals surface area contributed by atoms with E-state index in [1.807, 2.05) is 0 Å². The number of benzene rings is 1. The van der Waals surface area contributed by atoms with Gasteiger partial charge >= 0.3 is 0 Å². The van der Waals surface area contributed by atoms with Crippen molar-refractivity contribution in [2.24, 2.45) is 0 Å². The Morgan fingerprint density at radius 2 is 1.96 bits per heavy atom. The molecule has 1 heterocycles. The fraction of sp³-hybridized carbons (Fsp3) is 0.125. The lowest BCUT2D eigenvalue weighted by Gasteiger charge is -2.07. The predicted molar refractivity (Wildman–Crippen MR) is 86.7 cm³/mol. The van der Waals surface area contributed by atoms with E-state index in [0.29, 0.717) is 16.3 Å². The average molecular weight is 332 g/mol. The minimum Gasteiger partial charge on any atom is -0.342 e. The number of nitrogens with zero attached hydrogens (tertiary/aromatic N) is 1. The van der Waals surface area contributed by atoms with Crippen LogP contribution in [-0.4, -0.2) is 29.1 Å². The van der Waals surface area contributed by atoms with Crippen molar-refractivity contribution in [3.05, 3.63) is 58.9 Å². The van der Waals surface area contributed by atoms with Gasteiger partial charge in [0, 0.05) is 22.5 Å². The third-order valence-corrected chi connectivity index (χ3v) is 3.15. The number of carbonyl (C=O) groups is 3. The molecule has 0 aliphatic carbocycles. The summed E-state index contributed by atoms with van der Waals surface area (Å²) in [5, 5.41) is 5.43. The maximum absolute atomic E-state index is 11.8. The average Bonchev–Trinajstić information content (AvgIpc) is 2.53. The van der Waals surface area contributed by atoms with Crippen molar-refractivity contribution in [2.45, 2.75) is 6.92 Å². The molecule has 118 valence electrons. The highest BCUT2D eigenvalue weighted by atomic mass is 35.5. The molecule has 2 amide bonds. The summed E-state index contributed by atoms with van der Waals surface area (Å²) in [7, 11) is 0. The summed E-state index contributed by atoms with van der Waals surface area (Å²) in [6, 6.07) is 9.51. The smallest absolute Gasteiger partial charge is 0.270 e. The molecular weight excluding hydrogens is 318 g/mol. The Morgan fingerprint density at radius 3 is 2.65 bits per heavy atom. The Labute approximate surface area is 137 Å². The molecule has 1 aromatic heterocycles. The van der Waals surface area contributed by atoms with E-state index >= 15 is 0 Å². The van der Waals surface area contributed by atoms with Gasteiger partial charge in [-0.25, -0.2) is 0 Å². The topological polar surface area (TPSA) is 88.2 Å².